The van der Waals surface area contributed by atoms with Crippen molar-refractivity contribution < 1.29 is 24.5 Å². The third-order valence-electron chi connectivity index (χ3n) is 12.7. The van der Waals surface area contributed by atoms with Crippen molar-refractivity contribution in [2.75, 3.05) is 6.61 Å². The Morgan fingerprint density at radius 1 is 0.453 bits per heavy atom. The molecule has 0 fully saturated rings. The Kier molecular flexibility index (Phi) is 50.0. The van der Waals surface area contributed by atoms with E-state index in [1.165, 1.54) is 167 Å². The summed E-state index contributed by atoms with van der Waals surface area (Å²) in [5.74, 6) is -0.517. The molecule has 374 valence electrons. The number of esters is 1. The van der Waals surface area contributed by atoms with Crippen LogP contribution in [0.5, 0.6) is 0 Å². The second-order valence-electron chi connectivity index (χ2n) is 19.0. The molecule has 3 N–H and O–H groups in total. The molecule has 0 aromatic heterocycles. The smallest absolute Gasteiger partial charge is 0.306 e. The van der Waals surface area contributed by atoms with Gasteiger partial charge in [0.25, 0.3) is 0 Å². The molecule has 0 aliphatic heterocycles. The van der Waals surface area contributed by atoms with Gasteiger partial charge in [-0.1, -0.05) is 256 Å². The fourth-order valence-electron chi connectivity index (χ4n) is 8.42. The first kappa shape index (κ1) is 61.8. The number of aliphatic hydroxyl groups excluding tert-OH is 2. The molecular weight excluding hydrogens is 791 g/mol. The number of carbonyl (C=O) groups excluding carboxylic acids is 2. The van der Waals surface area contributed by atoms with E-state index in [9.17, 15) is 19.8 Å². The third kappa shape index (κ3) is 46.4. The van der Waals surface area contributed by atoms with Gasteiger partial charge in [-0.2, -0.15) is 0 Å². The number of unbranched alkanes of at least 4 members (excludes halogenated alkanes) is 30. The highest BCUT2D eigenvalue weighted by atomic mass is 16.5. The van der Waals surface area contributed by atoms with Crippen LogP contribution in [0.15, 0.2) is 48.6 Å². The summed E-state index contributed by atoms with van der Waals surface area (Å²) in [7, 11) is 0. The van der Waals surface area contributed by atoms with Crippen LogP contribution in [-0.2, 0) is 14.3 Å². The summed E-state index contributed by atoms with van der Waals surface area (Å²) in [6.07, 6.45) is 63.2. The van der Waals surface area contributed by atoms with E-state index < -0.39 is 18.2 Å². The molecule has 0 rings (SSSR count). The van der Waals surface area contributed by atoms with Crippen LogP contribution in [0.2, 0.25) is 0 Å². The molecule has 1 amide bonds. The zero-order valence-electron chi connectivity index (χ0n) is 42.7. The largest absolute Gasteiger partial charge is 0.462 e. The van der Waals surface area contributed by atoms with Gasteiger partial charge < -0.3 is 20.3 Å². The summed E-state index contributed by atoms with van der Waals surface area (Å²) in [5.41, 5.74) is 0. The van der Waals surface area contributed by atoms with Gasteiger partial charge in [0.2, 0.25) is 5.91 Å². The lowest BCUT2D eigenvalue weighted by Crippen LogP contribution is -2.46. The van der Waals surface area contributed by atoms with Crippen LogP contribution in [0.1, 0.15) is 284 Å². The Morgan fingerprint density at radius 3 is 1.23 bits per heavy atom. The van der Waals surface area contributed by atoms with Crippen LogP contribution in [0.4, 0.5) is 0 Å². The minimum Gasteiger partial charge on any atom is -0.462 e. The lowest BCUT2D eigenvalue weighted by molar-refractivity contribution is -0.151. The topological polar surface area (TPSA) is 95.9 Å². The van der Waals surface area contributed by atoms with E-state index >= 15 is 0 Å². The van der Waals surface area contributed by atoms with Crippen LogP contribution < -0.4 is 5.32 Å². The molecule has 0 spiro atoms. The third-order valence-corrected chi connectivity index (χ3v) is 12.7. The number of hydrogen-bond donors (Lipinski definition) is 3. The number of carbonyl (C=O) groups is 2. The van der Waals surface area contributed by atoms with Gasteiger partial charge in [0, 0.05) is 6.42 Å². The lowest BCUT2D eigenvalue weighted by Gasteiger charge is -2.24. The molecule has 0 aromatic carbocycles. The van der Waals surface area contributed by atoms with Crippen LogP contribution in [0, 0.1) is 0 Å². The molecule has 64 heavy (non-hydrogen) atoms. The van der Waals surface area contributed by atoms with E-state index in [0.717, 1.165) is 70.6 Å². The maximum atomic E-state index is 13.2. The molecule has 0 saturated carbocycles. The molecule has 0 saturated heterocycles. The average molecular weight is 898 g/mol. The highest BCUT2D eigenvalue weighted by Crippen LogP contribution is 2.18. The first-order valence-corrected chi connectivity index (χ1v) is 27.9. The van der Waals surface area contributed by atoms with Crippen LogP contribution in [0.25, 0.3) is 0 Å². The number of amides is 1. The molecule has 0 aromatic rings. The van der Waals surface area contributed by atoms with Crippen molar-refractivity contribution in [3.05, 3.63) is 48.6 Å². The van der Waals surface area contributed by atoms with Gasteiger partial charge in [-0.05, 0) is 64.2 Å². The van der Waals surface area contributed by atoms with Crippen LogP contribution in [-0.4, -0.2) is 46.9 Å². The number of allylic oxidation sites excluding steroid dienone is 8. The van der Waals surface area contributed by atoms with Gasteiger partial charge >= 0.3 is 5.97 Å². The highest BCUT2D eigenvalue weighted by molar-refractivity contribution is 5.77. The Hall–Kier alpha value is -2.18. The van der Waals surface area contributed by atoms with Gasteiger partial charge in [0.05, 0.1) is 25.2 Å². The first-order chi connectivity index (χ1) is 31.5. The molecule has 0 aliphatic rings. The summed E-state index contributed by atoms with van der Waals surface area (Å²) >= 11 is 0. The van der Waals surface area contributed by atoms with E-state index in [-0.39, 0.29) is 24.9 Å². The van der Waals surface area contributed by atoms with Crippen molar-refractivity contribution >= 4 is 11.9 Å². The zero-order valence-corrected chi connectivity index (χ0v) is 42.7. The standard InChI is InChI=1S/C58H107NO5/c1-4-7-10-13-16-19-22-24-26-28-30-32-35-37-40-43-46-49-54(52-57(62)59-55(53-60)56(61)50-47-44-41-38-34-21-18-15-12-9-6-3)64-58(63)51-48-45-42-39-36-33-31-29-27-25-23-20-17-14-11-8-5-2/h16,19,24,26,30,32,37,40,54-56,60-61H,4-15,17-18,20-23,25,27-29,31,33-36,38-39,41-53H2,1-3H3,(H,59,62)/b19-16-,26-24-,32-30-,40-37-. The van der Waals surface area contributed by atoms with Crippen molar-refractivity contribution in [2.45, 2.75) is 302 Å². The Balaban J connectivity index is 4.64. The molecule has 0 radical (unpaired) electrons. The Morgan fingerprint density at radius 2 is 0.812 bits per heavy atom. The Labute approximate surface area is 397 Å². The van der Waals surface area contributed by atoms with Gasteiger partial charge in [-0.25, -0.2) is 0 Å². The summed E-state index contributed by atoms with van der Waals surface area (Å²) in [5, 5.41) is 23.8. The maximum Gasteiger partial charge on any atom is 0.306 e. The average Bonchev–Trinajstić information content (AvgIpc) is 3.29. The quantitative estimate of drug-likeness (QED) is 0.0321. The molecule has 0 aliphatic carbocycles. The van der Waals surface area contributed by atoms with E-state index in [4.69, 9.17) is 4.74 Å². The second kappa shape index (κ2) is 51.8. The predicted octanol–water partition coefficient (Wildman–Crippen LogP) is 17.0. The fourth-order valence-corrected chi connectivity index (χ4v) is 8.42. The predicted molar refractivity (Wildman–Crippen MR) is 278 cm³/mol. The number of rotatable bonds is 50. The molecule has 3 unspecified atom stereocenters. The van der Waals surface area contributed by atoms with Crippen LogP contribution in [0.3, 0.4) is 0 Å². The second-order valence-corrected chi connectivity index (χ2v) is 19.0. The number of aliphatic hydroxyl groups is 2. The lowest BCUT2D eigenvalue weighted by atomic mass is 10.0. The van der Waals surface area contributed by atoms with Crippen LogP contribution >= 0.6 is 0 Å². The summed E-state index contributed by atoms with van der Waals surface area (Å²) in [6.45, 7) is 6.45. The van der Waals surface area contributed by atoms with E-state index in [2.05, 4.69) is 74.7 Å². The summed E-state index contributed by atoms with van der Waals surface area (Å²) < 4.78 is 5.93. The summed E-state index contributed by atoms with van der Waals surface area (Å²) in [6, 6.07) is -0.717. The minimum atomic E-state index is -0.800. The van der Waals surface area contributed by atoms with E-state index in [0.29, 0.717) is 19.3 Å². The first-order valence-electron chi connectivity index (χ1n) is 27.9. The van der Waals surface area contributed by atoms with Gasteiger partial charge in [0.1, 0.15) is 6.10 Å². The van der Waals surface area contributed by atoms with E-state index in [1.807, 2.05) is 0 Å². The van der Waals surface area contributed by atoms with Crippen molar-refractivity contribution in [3.63, 3.8) is 0 Å². The Bertz CT molecular complexity index is 1100. The fraction of sp³-hybridized carbons (Fsp3) is 0.828. The zero-order chi connectivity index (χ0) is 46.7. The van der Waals surface area contributed by atoms with Crippen molar-refractivity contribution in [2.24, 2.45) is 0 Å². The molecule has 0 bridgehead atoms. The van der Waals surface area contributed by atoms with Crippen molar-refractivity contribution in [1.29, 1.82) is 0 Å². The van der Waals surface area contributed by atoms with Gasteiger partial charge in [-0.15, -0.1) is 0 Å². The summed E-state index contributed by atoms with van der Waals surface area (Å²) in [4.78, 5) is 26.2. The van der Waals surface area contributed by atoms with Gasteiger partial charge in [0.15, 0.2) is 0 Å². The maximum absolute atomic E-state index is 13.2. The van der Waals surface area contributed by atoms with Gasteiger partial charge in [-0.3, -0.25) is 9.59 Å². The van der Waals surface area contributed by atoms with Crippen molar-refractivity contribution in [3.8, 4) is 0 Å². The number of hydrogen-bond acceptors (Lipinski definition) is 5. The SMILES string of the molecule is CCCCC/C=C\C/C=C\C/C=C\C/C=C\CCCC(CC(=O)NC(CO)C(O)CCCCCCCCCCCCC)OC(=O)CCCCCCCCCCCCCCCCCCC. The molecular formula is C58H107NO5. The minimum absolute atomic E-state index is 0.0427. The monoisotopic (exact) mass is 898 g/mol. The van der Waals surface area contributed by atoms with E-state index in [1.54, 1.807) is 0 Å². The normalized spacial score (nSPS) is 13.5. The molecule has 6 nitrogen and oxygen atoms in total. The molecule has 3 atom stereocenters. The number of ether oxygens (including phenoxy) is 1. The molecule has 0 heterocycles. The highest BCUT2D eigenvalue weighted by Gasteiger charge is 2.24. The number of nitrogens with one attached hydrogen (secondary N) is 1. The molecule has 6 heteroatoms. The van der Waals surface area contributed by atoms with Crippen molar-refractivity contribution in [1.82, 2.24) is 5.32 Å².